The molecular weight excluding hydrogens is 454 g/mol. The van der Waals surface area contributed by atoms with Crippen LogP contribution in [0.15, 0.2) is 78.4 Å². The van der Waals surface area contributed by atoms with E-state index in [1.54, 1.807) is 23.1 Å². The van der Waals surface area contributed by atoms with Gasteiger partial charge < -0.3 is 19.5 Å². The van der Waals surface area contributed by atoms with Crippen LogP contribution in [0.1, 0.15) is 48.1 Å². The summed E-state index contributed by atoms with van der Waals surface area (Å²) in [7, 11) is 0. The molecule has 1 atom stereocenters. The van der Waals surface area contributed by atoms with Gasteiger partial charge in [0.25, 0.3) is 11.7 Å². The van der Waals surface area contributed by atoms with Crippen LogP contribution in [0.3, 0.4) is 0 Å². The molecule has 5 rings (SSSR count). The highest BCUT2D eigenvalue weighted by molar-refractivity contribution is 6.46. The molecule has 3 aromatic carbocycles. The molecule has 1 unspecified atom stereocenters. The van der Waals surface area contributed by atoms with E-state index in [0.717, 1.165) is 16.7 Å². The van der Waals surface area contributed by atoms with Gasteiger partial charge in [0.15, 0.2) is 11.5 Å². The second kappa shape index (κ2) is 9.90. The maximum atomic E-state index is 13.3. The molecule has 1 fully saturated rings. The summed E-state index contributed by atoms with van der Waals surface area (Å²) in [4.78, 5) is 28.1. The number of fused-ring (bicyclic) bond motifs is 1. The Morgan fingerprint density at radius 3 is 2.33 bits per heavy atom. The molecule has 1 saturated heterocycles. The normalized spacial score (nSPS) is 18.6. The lowest BCUT2D eigenvalue weighted by molar-refractivity contribution is -0.139. The maximum absolute atomic E-state index is 13.3. The number of carbonyl (C=O) groups excluding carboxylic acids is 2. The average Bonchev–Trinajstić information content (AvgIpc) is 3.16. The number of aliphatic hydroxyl groups is 1. The van der Waals surface area contributed by atoms with Crippen LogP contribution in [0.5, 0.6) is 11.5 Å². The standard InChI is InChI=1S/C30H29NO5/c1-19(2)21-8-10-22(11-9-21)27-26(28(32)23-12-13-24-25(18-23)36-17-16-35-24)29(33)30(34)31(27)15-14-20-6-4-3-5-7-20/h3-13,18-19,27,32H,14-17H2,1-2H3/b28-26+. The zero-order valence-corrected chi connectivity index (χ0v) is 20.4. The number of amides is 1. The lowest BCUT2D eigenvalue weighted by Crippen LogP contribution is -2.31. The Hall–Kier alpha value is -4.06. The van der Waals surface area contributed by atoms with Crippen LogP contribution >= 0.6 is 0 Å². The van der Waals surface area contributed by atoms with Gasteiger partial charge in [-0.25, -0.2) is 0 Å². The molecule has 36 heavy (non-hydrogen) atoms. The monoisotopic (exact) mass is 483 g/mol. The van der Waals surface area contributed by atoms with E-state index in [0.29, 0.717) is 49.2 Å². The smallest absolute Gasteiger partial charge is 0.295 e. The predicted octanol–water partition coefficient (Wildman–Crippen LogP) is 5.25. The average molecular weight is 484 g/mol. The third-order valence-electron chi connectivity index (χ3n) is 6.76. The zero-order valence-electron chi connectivity index (χ0n) is 20.4. The number of ether oxygens (including phenoxy) is 2. The Labute approximate surface area is 210 Å². The van der Waals surface area contributed by atoms with Crippen molar-refractivity contribution in [2.24, 2.45) is 0 Å². The van der Waals surface area contributed by atoms with E-state index >= 15 is 0 Å². The fourth-order valence-electron chi connectivity index (χ4n) is 4.76. The van der Waals surface area contributed by atoms with Crippen LogP contribution in [-0.2, 0) is 16.0 Å². The fourth-order valence-corrected chi connectivity index (χ4v) is 4.76. The quantitative estimate of drug-likeness (QED) is 0.295. The van der Waals surface area contributed by atoms with Crippen molar-refractivity contribution in [1.29, 1.82) is 0 Å². The Morgan fingerprint density at radius 2 is 1.64 bits per heavy atom. The Balaban J connectivity index is 1.57. The van der Waals surface area contributed by atoms with Crippen molar-refractivity contribution >= 4 is 17.4 Å². The van der Waals surface area contributed by atoms with E-state index in [1.807, 2.05) is 54.6 Å². The molecule has 3 aromatic rings. The van der Waals surface area contributed by atoms with E-state index in [1.165, 1.54) is 0 Å². The molecule has 6 heteroatoms. The van der Waals surface area contributed by atoms with Crippen molar-refractivity contribution in [3.8, 4) is 11.5 Å². The molecule has 0 spiro atoms. The van der Waals surface area contributed by atoms with E-state index in [9.17, 15) is 14.7 Å². The number of Topliss-reactive ketones (excluding diaryl/α,β-unsaturated/α-hetero) is 1. The summed E-state index contributed by atoms with van der Waals surface area (Å²) in [5.41, 5.74) is 3.50. The minimum Gasteiger partial charge on any atom is -0.507 e. The van der Waals surface area contributed by atoms with Crippen molar-refractivity contribution in [3.05, 3.63) is 101 Å². The van der Waals surface area contributed by atoms with Gasteiger partial charge in [-0.3, -0.25) is 9.59 Å². The van der Waals surface area contributed by atoms with Gasteiger partial charge in [-0.2, -0.15) is 0 Å². The SMILES string of the molecule is CC(C)c1ccc(C2/C(=C(\O)c3ccc4c(c3)OCCO4)C(=O)C(=O)N2CCc2ccccc2)cc1. The summed E-state index contributed by atoms with van der Waals surface area (Å²) in [6.07, 6.45) is 0.596. The van der Waals surface area contributed by atoms with Gasteiger partial charge in [-0.15, -0.1) is 0 Å². The number of hydrogen-bond donors (Lipinski definition) is 1. The number of benzene rings is 3. The van der Waals surface area contributed by atoms with Gasteiger partial charge in [0.05, 0.1) is 11.6 Å². The first-order chi connectivity index (χ1) is 17.4. The highest BCUT2D eigenvalue weighted by Crippen LogP contribution is 2.41. The highest BCUT2D eigenvalue weighted by atomic mass is 16.6. The second-order valence-electron chi connectivity index (χ2n) is 9.41. The van der Waals surface area contributed by atoms with Crippen LogP contribution in [-0.4, -0.2) is 41.5 Å². The predicted molar refractivity (Wildman–Crippen MR) is 137 cm³/mol. The van der Waals surface area contributed by atoms with E-state index in [-0.39, 0.29) is 11.3 Å². The van der Waals surface area contributed by atoms with Crippen molar-refractivity contribution in [2.45, 2.75) is 32.2 Å². The first kappa shape index (κ1) is 23.7. The summed E-state index contributed by atoms with van der Waals surface area (Å²) >= 11 is 0. The third kappa shape index (κ3) is 4.47. The molecule has 1 amide bonds. The van der Waals surface area contributed by atoms with Gasteiger partial charge in [0.1, 0.15) is 19.0 Å². The van der Waals surface area contributed by atoms with Gasteiger partial charge in [0.2, 0.25) is 0 Å². The second-order valence-corrected chi connectivity index (χ2v) is 9.41. The van der Waals surface area contributed by atoms with Crippen molar-refractivity contribution in [1.82, 2.24) is 4.90 Å². The van der Waals surface area contributed by atoms with E-state index in [2.05, 4.69) is 13.8 Å². The first-order valence-electron chi connectivity index (χ1n) is 12.3. The molecule has 0 aliphatic carbocycles. The van der Waals surface area contributed by atoms with Gasteiger partial charge >= 0.3 is 0 Å². The summed E-state index contributed by atoms with van der Waals surface area (Å²) in [6.45, 7) is 5.44. The van der Waals surface area contributed by atoms with Crippen LogP contribution < -0.4 is 9.47 Å². The van der Waals surface area contributed by atoms with E-state index in [4.69, 9.17) is 9.47 Å². The van der Waals surface area contributed by atoms with Gasteiger partial charge in [-0.1, -0.05) is 68.4 Å². The molecule has 1 N–H and O–H groups in total. The van der Waals surface area contributed by atoms with Gasteiger partial charge in [0, 0.05) is 12.1 Å². The molecule has 2 aliphatic rings. The summed E-state index contributed by atoms with van der Waals surface area (Å²) < 4.78 is 11.2. The Morgan fingerprint density at radius 1 is 0.944 bits per heavy atom. The van der Waals surface area contributed by atoms with Crippen LogP contribution in [0.25, 0.3) is 5.76 Å². The molecule has 2 heterocycles. The number of hydrogen-bond acceptors (Lipinski definition) is 5. The topological polar surface area (TPSA) is 76.1 Å². The molecule has 0 radical (unpaired) electrons. The minimum atomic E-state index is -0.692. The molecular formula is C30H29NO5. The minimum absolute atomic E-state index is 0.0852. The number of rotatable bonds is 6. The Kier molecular flexibility index (Phi) is 6.51. The largest absolute Gasteiger partial charge is 0.507 e. The molecule has 6 nitrogen and oxygen atoms in total. The summed E-state index contributed by atoms with van der Waals surface area (Å²) in [6, 6.07) is 22.1. The first-order valence-corrected chi connectivity index (χ1v) is 12.3. The van der Waals surface area contributed by atoms with Gasteiger partial charge in [-0.05, 0) is 47.2 Å². The zero-order chi connectivity index (χ0) is 25.2. The number of aliphatic hydroxyl groups excluding tert-OH is 1. The lowest BCUT2D eigenvalue weighted by atomic mass is 9.93. The van der Waals surface area contributed by atoms with Crippen molar-refractivity contribution in [3.63, 3.8) is 0 Å². The highest BCUT2D eigenvalue weighted by Gasteiger charge is 2.45. The van der Waals surface area contributed by atoms with Crippen molar-refractivity contribution in [2.75, 3.05) is 19.8 Å². The Bertz CT molecular complexity index is 1310. The number of ketones is 1. The number of likely N-dealkylation sites (tertiary alicyclic amines) is 1. The lowest BCUT2D eigenvalue weighted by Gasteiger charge is -2.26. The van der Waals surface area contributed by atoms with Crippen LogP contribution in [0, 0.1) is 0 Å². The number of nitrogens with zero attached hydrogens (tertiary/aromatic N) is 1. The molecule has 2 aliphatic heterocycles. The number of carbonyl (C=O) groups is 2. The van der Waals surface area contributed by atoms with Crippen molar-refractivity contribution < 1.29 is 24.2 Å². The molecule has 0 saturated carbocycles. The van der Waals surface area contributed by atoms with E-state index < -0.39 is 17.7 Å². The van der Waals surface area contributed by atoms with Crippen LogP contribution in [0.2, 0.25) is 0 Å². The van der Waals surface area contributed by atoms with Crippen LogP contribution in [0.4, 0.5) is 0 Å². The molecule has 184 valence electrons. The molecule has 0 bridgehead atoms. The fraction of sp³-hybridized carbons (Fsp3) is 0.267. The maximum Gasteiger partial charge on any atom is 0.295 e. The summed E-state index contributed by atoms with van der Waals surface area (Å²) in [5, 5.41) is 11.4. The third-order valence-corrected chi connectivity index (χ3v) is 6.76. The summed E-state index contributed by atoms with van der Waals surface area (Å²) in [5.74, 6) is -0.0774. The molecule has 0 aromatic heterocycles.